The Bertz CT molecular complexity index is 1200. The van der Waals surface area contributed by atoms with Crippen LogP contribution in [-0.2, 0) is 19.5 Å². The second-order valence-corrected chi connectivity index (χ2v) is 7.15. The lowest BCUT2D eigenvalue weighted by molar-refractivity contribution is 0.290. The molecule has 4 rings (SSSR count). The molecule has 8 heteroatoms. The average molecular weight is 419 g/mol. The largest absolute Gasteiger partial charge is 0.465 e. The van der Waals surface area contributed by atoms with Crippen molar-refractivity contribution >= 4 is 23.3 Å². The number of aliphatic imine (C=N–C) groups is 1. The molecule has 0 spiro atoms. The van der Waals surface area contributed by atoms with Crippen LogP contribution in [0, 0.1) is 11.8 Å². The Hall–Kier alpha value is -3.60. The Labute approximate surface area is 181 Å². The third-order valence-corrected chi connectivity index (χ3v) is 5.18. The number of nitrogens with zero attached hydrogens (tertiary/aromatic N) is 6. The van der Waals surface area contributed by atoms with E-state index in [0.29, 0.717) is 62.3 Å². The Morgan fingerprint density at radius 2 is 2.00 bits per heavy atom. The number of rotatable bonds is 7. The van der Waals surface area contributed by atoms with Gasteiger partial charge in [-0.25, -0.2) is 0 Å². The van der Waals surface area contributed by atoms with Crippen molar-refractivity contribution in [1.82, 2.24) is 19.1 Å². The van der Waals surface area contributed by atoms with Crippen molar-refractivity contribution in [3.05, 3.63) is 46.2 Å². The van der Waals surface area contributed by atoms with E-state index in [0.717, 1.165) is 12.1 Å². The maximum atomic E-state index is 13.6. The second kappa shape index (κ2) is 9.47. The summed E-state index contributed by atoms with van der Waals surface area (Å²) in [6.07, 6.45) is 2.57. The van der Waals surface area contributed by atoms with Crippen LogP contribution >= 0.6 is 0 Å². The third kappa shape index (κ3) is 4.31. The lowest BCUT2D eigenvalue weighted by Crippen LogP contribution is -2.34. The molecule has 0 N–H and O–H groups in total. The van der Waals surface area contributed by atoms with E-state index < -0.39 is 0 Å². The van der Waals surface area contributed by atoms with Gasteiger partial charge in [-0.2, -0.15) is 9.97 Å². The predicted octanol–water partition coefficient (Wildman–Crippen LogP) is 2.15. The van der Waals surface area contributed by atoms with Crippen LogP contribution in [-0.4, -0.2) is 51.6 Å². The molecule has 31 heavy (non-hydrogen) atoms. The molecule has 1 aliphatic heterocycles. The minimum absolute atomic E-state index is 0.160. The van der Waals surface area contributed by atoms with Crippen LogP contribution in [0.2, 0.25) is 0 Å². The summed E-state index contributed by atoms with van der Waals surface area (Å²) in [6, 6.07) is 10.4. The van der Waals surface area contributed by atoms with Gasteiger partial charge < -0.3 is 9.64 Å². The number of aromatic nitrogens is 4. The van der Waals surface area contributed by atoms with Gasteiger partial charge in [-0.3, -0.25) is 18.9 Å². The summed E-state index contributed by atoms with van der Waals surface area (Å²) in [5.41, 5.74) is 1.83. The molecule has 0 atom stereocenters. The van der Waals surface area contributed by atoms with E-state index in [-0.39, 0.29) is 5.56 Å². The van der Waals surface area contributed by atoms with Gasteiger partial charge in [-0.15, -0.1) is 5.92 Å². The molecule has 8 nitrogen and oxygen atoms in total. The quantitative estimate of drug-likeness (QED) is 0.550. The van der Waals surface area contributed by atoms with Gasteiger partial charge in [0.05, 0.1) is 26.2 Å². The Balaban J connectivity index is 1.83. The van der Waals surface area contributed by atoms with Crippen molar-refractivity contribution in [3.8, 4) is 17.9 Å². The highest BCUT2D eigenvalue weighted by Gasteiger charge is 2.23. The molecule has 3 aromatic rings. The fourth-order valence-corrected chi connectivity index (χ4v) is 3.65. The van der Waals surface area contributed by atoms with Crippen molar-refractivity contribution in [2.45, 2.75) is 33.4 Å². The van der Waals surface area contributed by atoms with E-state index in [4.69, 9.17) is 9.72 Å². The van der Waals surface area contributed by atoms with Crippen molar-refractivity contribution in [3.63, 3.8) is 0 Å². The van der Waals surface area contributed by atoms with Gasteiger partial charge in [0, 0.05) is 19.3 Å². The van der Waals surface area contributed by atoms with E-state index in [1.165, 1.54) is 0 Å². The predicted molar refractivity (Wildman–Crippen MR) is 122 cm³/mol. The molecule has 0 saturated heterocycles. The average Bonchev–Trinajstić information content (AvgIpc) is 3.17. The molecule has 0 fully saturated rings. The third-order valence-electron chi connectivity index (χ3n) is 5.18. The summed E-state index contributed by atoms with van der Waals surface area (Å²) < 4.78 is 9.21. The molecule has 0 unspecified atom stereocenters. The first-order chi connectivity index (χ1) is 15.2. The number of hydrogen-bond donors (Lipinski definition) is 0. The normalized spacial score (nSPS) is 13.3. The van der Waals surface area contributed by atoms with Crippen LogP contribution in [0.25, 0.3) is 11.2 Å². The molecule has 0 bridgehead atoms. The van der Waals surface area contributed by atoms with Gasteiger partial charge in [0.2, 0.25) is 5.95 Å². The smallest absolute Gasteiger partial charge is 0.301 e. The molecule has 0 amide bonds. The van der Waals surface area contributed by atoms with Crippen LogP contribution in [0.5, 0.6) is 6.01 Å². The molecule has 0 radical (unpaired) electrons. The van der Waals surface area contributed by atoms with Gasteiger partial charge in [0.15, 0.2) is 11.2 Å². The van der Waals surface area contributed by atoms with Gasteiger partial charge in [0.1, 0.15) is 0 Å². The minimum atomic E-state index is -0.160. The number of anilines is 1. The summed E-state index contributed by atoms with van der Waals surface area (Å²) >= 11 is 0. The Morgan fingerprint density at radius 1 is 1.16 bits per heavy atom. The van der Waals surface area contributed by atoms with E-state index in [2.05, 4.69) is 38.8 Å². The highest BCUT2D eigenvalue weighted by atomic mass is 16.5. The number of aryl methyl sites for hydroxylation is 1. The number of ether oxygens (including phenoxy) is 1. The zero-order valence-electron chi connectivity index (χ0n) is 17.9. The number of imidazole rings is 1. The van der Waals surface area contributed by atoms with Gasteiger partial charge in [-0.05, 0) is 25.8 Å². The lowest BCUT2D eigenvalue weighted by atomic mass is 10.1. The monoisotopic (exact) mass is 418 g/mol. The minimum Gasteiger partial charge on any atom is -0.465 e. The molecular formula is C23H26N6O2. The molecule has 1 aliphatic rings. The summed E-state index contributed by atoms with van der Waals surface area (Å²) in [4.78, 5) is 29.3. The lowest BCUT2D eigenvalue weighted by Gasteiger charge is -2.24. The molecule has 3 heterocycles. The number of hydrogen-bond acceptors (Lipinski definition) is 6. The summed E-state index contributed by atoms with van der Waals surface area (Å²) in [5, 5.41) is 0. The molecular weight excluding hydrogens is 392 g/mol. The van der Waals surface area contributed by atoms with Crippen molar-refractivity contribution in [2.75, 3.05) is 31.1 Å². The molecule has 2 aromatic heterocycles. The van der Waals surface area contributed by atoms with Crippen LogP contribution in [0.4, 0.5) is 5.95 Å². The zero-order valence-corrected chi connectivity index (χ0v) is 17.9. The van der Waals surface area contributed by atoms with Gasteiger partial charge in [-0.1, -0.05) is 36.3 Å². The SMILES string of the molecule is CC#CCn1c(N2CC=NCC2)nc2nc(OCC)n(CCc3ccccc3)c(=O)c21. The summed E-state index contributed by atoms with van der Waals surface area (Å²) in [6.45, 7) is 7.00. The maximum absolute atomic E-state index is 13.6. The van der Waals surface area contributed by atoms with Crippen molar-refractivity contribution in [1.29, 1.82) is 0 Å². The van der Waals surface area contributed by atoms with E-state index in [1.54, 1.807) is 11.5 Å². The zero-order chi connectivity index (χ0) is 21.6. The molecule has 160 valence electrons. The Kier molecular flexibility index (Phi) is 6.32. The number of fused-ring (bicyclic) bond motifs is 1. The van der Waals surface area contributed by atoms with Crippen molar-refractivity contribution in [2.24, 2.45) is 4.99 Å². The van der Waals surface area contributed by atoms with Crippen molar-refractivity contribution < 1.29 is 4.74 Å². The maximum Gasteiger partial charge on any atom is 0.301 e. The van der Waals surface area contributed by atoms with Crippen LogP contribution in [0.3, 0.4) is 0 Å². The standard InChI is InChI=1S/C23H26N6O2/c1-3-5-14-28-19-20(25-22(28)27-16-12-24-13-17-27)26-23(31-4-2)29(21(19)30)15-11-18-9-7-6-8-10-18/h6-10,12H,4,11,13-17H2,1-2H3. The molecule has 0 saturated carbocycles. The molecule has 0 aliphatic carbocycles. The van der Waals surface area contributed by atoms with E-state index in [9.17, 15) is 4.79 Å². The van der Waals surface area contributed by atoms with Gasteiger partial charge >= 0.3 is 6.01 Å². The first-order valence-corrected chi connectivity index (χ1v) is 10.5. The first-order valence-electron chi connectivity index (χ1n) is 10.5. The van der Waals surface area contributed by atoms with E-state index in [1.807, 2.05) is 35.9 Å². The van der Waals surface area contributed by atoms with E-state index >= 15 is 0 Å². The number of benzene rings is 1. The fraction of sp³-hybridized carbons (Fsp3) is 0.391. The van der Waals surface area contributed by atoms with Crippen LogP contribution in [0.15, 0.2) is 40.1 Å². The van der Waals surface area contributed by atoms with Crippen LogP contribution in [0.1, 0.15) is 19.4 Å². The second-order valence-electron chi connectivity index (χ2n) is 7.15. The topological polar surface area (TPSA) is 77.5 Å². The Morgan fingerprint density at radius 3 is 2.71 bits per heavy atom. The van der Waals surface area contributed by atoms with Crippen LogP contribution < -0.4 is 15.2 Å². The highest BCUT2D eigenvalue weighted by molar-refractivity contribution is 5.76. The fourth-order valence-electron chi connectivity index (χ4n) is 3.65. The summed E-state index contributed by atoms with van der Waals surface area (Å²) in [5.74, 6) is 6.68. The highest BCUT2D eigenvalue weighted by Crippen LogP contribution is 2.22. The molecule has 1 aromatic carbocycles. The first kappa shape index (κ1) is 20.7. The van der Waals surface area contributed by atoms with Gasteiger partial charge in [0.25, 0.3) is 5.56 Å². The summed E-state index contributed by atoms with van der Waals surface area (Å²) in [7, 11) is 0.